The van der Waals surface area contributed by atoms with Gasteiger partial charge in [0.15, 0.2) is 5.65 Å². The normalized spacial score (nSPS) is 12.6. The summed E-state index contributed by atoms with van der Waals surface area (Å²) in [7, 11) is 0.436. The summed E-state index contributed by atoms with van der Waals surface area (Å²) < 4.78 is 35.2. The molecule has 5 aromatic heterocycles. The van der Waals surface area contributed by atoms with Crippen molar-refractivity contribution >= 4 is 63.3 Å². The van der Waals surface area contributed by atoms with Gasteiger partial charge in [-0.15, -0.1) is 20.6 Å². The fourth-order valence-corrected chi connectivity index (χ4v) is 6.91. The first-order valence-electron chi connectivity index (χ1n) is 13.0. The molecule has 12 nitrogen and oxygen atoms in total. The van der Waals surface area contributed by atoms with E-state index in [0.717, 1.165) is 33.2 Å². The third-order valence-corrected chi connectivity index (χ3v) is 8.98. The number of rotatable bonds is 7. The van der Waals surface area contributed by atoms with Crippen LogP contribution in [0.15, 0.2) is 59.1 Å². The van der Waals surface area contributed by atoms with Gasteiger partial charge < -0.3 is 10.5 Å². The monoisotopic (exact) mass is 634 g/mol. The highest BCUT2D eigenvalue weighted by Gasteiger charge is 2.26. The van der Waals surface area contributed by atoms with Gasteiger partial charge in [-0.1, -0.05) is 18.2 Å². The molecule has 0 fully saturated rings. The molecule has 0 aliphatic carbocycles. The van der Waals surface area contributed by atoms with Crippen LogP contribution in [-0.4, -0.2) is 50.9 Å². The average molecular weight is 635 g/mol. The number of hydrogen-bond acceptors (Lipinski definition) is 10. The van der Waals surface area contributed by atoms with Crippen LogP contribution in [0, 0.1) is 6.92 Å². The van der Waals surface area contributed by atoms with Crippen molar-refractivity contribution in [3.63, 3.8) is 0 Å². The van der Waals surface area contributed by atoms with Crippen molar-refractivity contribution in [1.29, 1.82) is 0 Å². The minimum Gasteiger partial charge on any atom is -0.480 e. The van der Waals surface area contributed by atoms with E-state index >= 15 is 0 Å². The molecule has 0 aliphatic heterocycles. The molecule has 0 saturated heterocycles. The molecule has 0 bridgehead atoms. The minimum absolute atomic E-state index is 0.0940. The predicted octanol–water partition coefficient (Wildman–Crippen LogP) is 3.61. The number of anilines is 2. The van der Waals surface area contributed by atoms with Crippen LogP contribution in [0.4, 0.5) is 11.5 Å². The first kappa shape index (κ1) is 28.7. The smallest absolute Gasteiger partial charge is 0.264 e. The first-order chi connectivity index (χ1) is 20.5. The van der Waals surface area contributed by atoms with E-state index in [0.29, 0.717) is 27.9 Å². The molecule has 0 saturated carbocycles. The van der Waals surface area contributed by atoms with E-state index in [1.165, 1.54) is 31.0 Å². The van der Waals surface area contributed by atoms with Crippen molar-refractivity contribution in [2.24, 2.45) is 0 Å². The second-order valence-corrected chi connectivity index (χ2v) is 13.3. The molecule has 43 heavy (non-hydrogen) atoms. The Morgan fingerprint density at radius 3 is 2.65 bits per heavy atom. The van der Waals surface area contributed by atoms with Crippen molar-refractivity contribution in [3.05, 3.63) is 75.9 Å². The molecular formula is C28H27N8O4PS2. The number of aryl methyl sites for hydroxylation is 1. The van der Waals surface area contributed by atoms with E-state index in [4.69, 9.17) is 15.6 Å². The topological polar surface area (TPSA) is 159 Å². The van der Waals surface area contributed by atoms with Crippen LogP contribution in [0.25, 0.3) is 38.2 Å². The summed E-state index contributed by atoms with van der Waals surface area (Å²) in [6.07, 6.45) is 3.91. The molecule has 220 valence electrons. The van der Waals surface area contributed by atoms with E-state index in [1.807, 2.05) is 49.6 Å². The number of hydrogen-bond donors (Lipinski definition) is 2. The molecule has 6 aromatic rings. The van der Waals surface area contributed by atoms with Gasteiger partial charge in [0, 0.05) is 22.8 Å². The molecule has 0 amide bonds. The number of nitrogens with zero attached hydrogens (tertiary/aromatic N) is 6. The van der Waals surface area contributed by atoms with E-state index < -0.39 is 16.1 Å². The Morgan fingerprint density at radius 1 is 1.14 bits per heavy atom. The Hall–Kier alpha value is -4.39. The lowest BCUT2D eigenvalue weighted by Gasteiger charge is -2.18. The number of benzene rings is 1. The highest BCUT2D eigenvalue weighted by Crippen LogP contribution is 2.37. The maximum absolute atomic E-state index is 14.0. The number of nitrogen functional groups attached to an aromatic ring is 1. The second kappa shape index (κ2) is 10.7. The van der Waals surface area contributed by atoms with E-state index in [1.54, 1.807) is 15.1 Å². The lowest BCUT2D eigenvalue weighted by atomic mass is 9.97. The van der Waals surface area contributed by atoms with Crippen molar-refractivity contribution in [2.45, 2.75) is 19.9 Å². The SMILES string of the molecule is COc1ncc(-c2nn([C@@H](C)c3cc4scc(C)n4c(=O)c3-c3cccc(P)c3)c3ncnc(N)c23)cc1NS(C)(=O)=O. The molecule has 3 N–H and O–H groups in total. The highest BCUT2D eigenvalue weighted by molar-refractivity contribution is 7.92. The van der Waals surface area contributed by atoms with Crippen LogP contribution in [0.5, 0.6) is 5.88 Å². The lowest BCUT2D eigenvalue weighted by molar-refractivity contribution is 0.400. The van der Waals surface area contributed by atoms with Crippen LogP contribution in [0.3, 0.4) is 0 Å². The summed E-state index contributed by atoms with van der Waals surface area (Å²) in [5, 5.41) is 8.28. The predicted molar refractivity (Wildman–Crippen MR) is 173 cm³/mol. The fourth-order valence-electron chi connectivity index (χ4n) is 5.15. The Morgan fingerprint density at radius 2 is 1.93 bits per heavy atom. The minimum atomic E-state index is -3.64. The van der Waals surface area contributed by atoms with Crippen molar-refractivity contribution in [3.8, 4) is 28.3 Å². The number of sulfonamides is 1. The molecule has 5 heterocycles. The Balaban J connectivity index is 1.60. The molecule has 0 spiro atoms. The summed E-state index contributed by atoms with van der Waals surface area (Å²) in [6, 6.07) is 10.8. The zero-order chi connectivity index (χ0) is 30.6. The van der Waals surface area contributed by atoms with Gasteiger partial charge in [0.2, 0.25) is 15.9 Å². The summed E-state index contributed by atoms with van der Waals surface area (Å²) in [6.45, 7) is 3.85. The van der Waals surface area contributed by atoms with Gasteiger partial charge in [0.1, 0.15) is 28.4 Å². The summed E-state index contributed by atoms with van der Waals surface area (Å²) >= 11 is 1.49. The van der Waals surface area contributed by atoms with E-state index in [2.05, 4.69) is 28.9 Å². The third-order valence-electron chi connectivity index (χ3n) is 7.03. The summed E-state index contributed by atoms with van der Waals surface area (Å²) in [4.78, 5) is 27.9. The number of nitrogens with one attached hydrogen (secondary N) is 1. The van der Waals surface area contributed by atoms with Crippen LogP contribution >= 0.6 is 20.6 Å². The zero-order valence-electron chi connectivity index (χ0n) is 23.6. The second-order valence-electron chi connectivity index (χ2n) is 10.0. The number of pyridine rings is 2. The van der Waals surface area contributed by atoms with Gasteiger partial charge in [0.05, 0.1) is 30.4 Å². The Labute approximate surface area is 252 Å². The molecule has 6 rings (SSSR count). The number of fused-ring (bicyclic) bond motifs is 2. The van der Waals surface area contributed by atoms with Gasteiger partial charge in [-0.25, -0.2) is 28.1 Å². The van der Waals surface area contributed by atoms with Crippen molar-refractivity contribution in [1.82, 2.24) is 29.1 Å². The molecule has 0 aliphatic rings. The van der Waals surface area contributed by atoms with Gasteiger partial charge >= 0.3 is 0 Å². The largest absolute Gasteiger partial charge is 0.480 e. The van der Waals surface area contributed by atoms with Crippen LogP contribution in [0.1, 0.15) is 24.2 Å². The fraction of sp³-hybridized carbons (Fsp3) is 0.179. The summed E-state index contributed by atoms with van der Waals surface area (Å²) in [5.74, 6) is 0.281. The van der Waals surface area contributed by atoms with Gasteiger partial charge in [-0.2, -0.15) is 5.10 Å². The Bertz CT molecular complexity index is 2230. The molecule has 1 aromatic carbocycles. The summed E-state index contributed by atoms with van der Waals surface area (Å²) in [5.41, 5.74) is 10.6. The van der Waals surface area contributed by atoms with E-state index in [9.17, 15) is 13.2 Å². The maximum atomic E-state index is 14.0. The number of nitrogens with two attached hydrogens (primary N) is 1. The number of aromatic nitrogens is 6. The third kappa shape index (κ3) is 5.11. The molecule has 15 heteroatoms. The van der Waals surface area contributed by atoms with Crippen LogP contribution in [-0.2, 0) is 10.0 Å². The quantitative estimate of drug-likeness (QED) is 0.250. The van der Waals surface area contributed by atoms with Crippen LogP contribution < -0.4 is 26.1 Å². The maximum Gasteiger partial charge on any atom is 0.264 e. The Kier molecular flexibility index (Phi) is 7.15. The molecular weight excluding hydrogens is 607 g/mol. The van der Waals surface area contributed by atoms with Gasteiger partial charge in [0.25, 0.3) is 5.56 Å². The molecule has 0 radical (unpaired) electrons. The number of ether oxygens (including phenoxy) is 1. The standard InChI is InChI=1S/C28H27N8O4PS2/c1-14-12-42-21-10-19(22(28(37)35(14)21)16-6-5-7-18(41)8-16)15(2)36-26-23(25(29)31-13-32-26)24(33-36)17-9-20(34-43(4,38)39)27(40-3)30-11-17/h5-13,15,34H,41H2,1-4H3,(H2,29,31,32)/t15-/m0/s1. The first-order valence-corrected chi connectivity index (χ1v) is 16.3. The molecule has 2 atom stereocenters. The zero-order valence-corrected chi connectivity index (χ0v) is 26.3. The average Bonchev–Trinajstić information content (AvgIpc) is 3.53. The molecule has 1 unspecified atom stereocenters. The number of thiazole rings is 1. The van der Waals surface area contributed by atoms with Crippen molar-refractivity contribution in [2.75, 3.05) is 23.8 Å². The van der Waals surface area contributed by atoms with Gasteiger partial charge in [-0.05, 0) is 48.5 Å². The number of methoxy groups -OCH3 is 1. The lowest BCUT2D eigenvalue weighted by Crippen LogP contribution is -2.21. The van der Waals surface area contributed by atoms with E-state index in [-0.39, 0.29) is 22.9 Å². The van der Waals surface area contributed by atoms with Gasteiger partial charge in [-0.3, -0.25) is 13.9 Å². The van der Waals surface area contributed by atoms with Crippen molar-refractivity contribution < 1.29 is 13.2 Å². The van der Waals surface area contributed by atoms with Crippen LogP contribution in [0.2, 0.25) is 0 Å². The highest BCUT2D eigenvalue weighted by atomic mass is 32.2.